The van der Waals surface area contributed by atoms with Crippen molar-refractivity contribution in [1.29, 1.82) is 0 Å². The lowest BCUT2D eigenvalue weighted by atomic mass is 10.3. The third-order valence-electron chi connectivity index (χ3n) is 3.73. The summed E-state index contributed by atoms with van der Waals surface area (Å²) in [5.41, 5.74) is 0. The zero-order chi connectivity index (χ0) is 17.0. The van der Waals surface area contributed by atoms with Crippen molar-refractivity contribution in [1.82, 2.24) is 10.6 Å². The van der Waals surface area contributed by atoms with Crippen molar-refractivity contribution in [2.75, 3.05) is 40.0 Å². The second-order valence-corrected chi connectivity index (χ2v) is 5.95. The van der Waals surface area contributed by atoms with Crippen LogP contribution in [0.25, 0.3) is 0 Å². The molecular formula is C18H29FIN3O2. The summed E-state index contributed by atoms with van der Waals surface area (Å²) >= 11 is 0. The second-order valence-electron chi connectivity index (χ2n) is 5.95. The molecule has 0 saturated heterocycles. The van der Waals surface area contributed by atoms with E-state index >= 15 is 0 Å². The third kappa shape index (κ3) is 10.5. The smallest absolute Gasteiger partial charge is 0.190 e. The first kappa shape index (κ1) is 22.0. The van der Waals surface area contributed by atoms with Gasteiger partial charge >= 0.3 is 0 Å². The molecule has 1 aliphatic rings. The third-order valence-corrected chi connectivity index (χ3v) is 3.73. The standard InChI is InChI=1S/C18H28FN3O2.HI/c1-20-18(21-10-2-12-23-14-15-4-5-15)22-11-3-13-24-17-8-6-16(19)7-9-17;/h6-9,15H,2-5,10-14H2,1H3,(H2,20,21,22);1H. The zero-order valence-electron chi connectivity index (χ0n) is 14.8. The van der Waals surface area contributed by atoms with Crippen LogP contribution >= 0.6 is 24.0 Å². The predicted molar refractivity (Wildman–Crippen MR) is 109 cm³/mol. The number of hydrogen-bond acceptors (Lipinski definition) is 3. The Kier molecular flexibility index (Phi) is 11.6. The van der Waals surface area contributed by atoms with E-state index in [1.165, 1.54) is 25.0 Å². The first-order chi connectivity index (χ1) is 11.8. The fourth-order valence-electron chi connectivity index (χ4n) is 2.14. The lowest BCUT2D eigenvalue weighted by molar-refractivity contribution is 0.123. The molecule has 2 N–H and O–H groups in total. The van der Waals surface area contributed by atoms with Crippen molar-refractivity contribution < 1.29 is 13.9 Å². The van der Waals surface area contributed by atoms with Gasteiger partial charge in [0.25, 0.3) is 0 Å². The summed E-state index contributed by atoms with van der Waals surface area (Å²) in [6.07, 6.45) is 4.48. The van der Waals surface area contributed by atoms with Gasteiger partial charge in [0.15, 0.2) is 5.96 Å². The van der Waals surface area contributed by atoms with Gasteiger partial charge in [0, 0.05) is 33.4 Å². The quantitative estimate of drug-likeness (QED) is 0.228. The summed E-state index contributed by atoms with van der Waals surface area (Å²) < 4.78 is 23.9. The minimum Gasteiger partial charge on any atom is -0.494 e. The van der Waals surface area contributed by atoms with Crippen molar-refractivity contribution in [2.45, 2.75) is 25.7 Å². The van der Waals surface area contributed by atoms with Crippen LogP contribution in [0.3, 0.4) is 0 Å². The van der Waals surface area contributed by atoms with Gasteiger partial charge < -0.3 is 20.1 Å². The maximum atomic E-state index is 12.8. The highest BCUT2D eigenvalue weighted by Crippen LogP contribution is 2.28. The van der Waals surface area contributed by atoms with Crippen LogP contribution in [0.1, 0.15) is 25.7 Å². The van der Waals surface area contributed by atoms with E-state index in [-0.39, 0.29) is 29.8 Å². The SMILES string of the molecule is CN=C(NCCCOCC1CC1)NCCCOc1ccc(F)cc1.I. The molecule has 0 aromatic heterocycles. The maximum Gasteiger partial charge on any atom is 0.190 e. The molecule has 1 fully saturated rings. The fraction of sp³-hybridized carbons (Fsp3) is 0.611. The molecule has 25 heavy (non-hydrogen) atoms. The lowest BCUT2D eigenvalue weighted by Gasteiger charge is -2.12. The molecule has 0 aliphatic heterocycles. The van der Waals surface area contributed by atoms with Crippen molar-refractivity contribution in [3.05, 3.63) is 30.1 Å². The van der Waals surface area contributed by atoms with Crippen molar-refractivity contribution in [3.8, 4) is 5.75 Å². The van der Waals surface area contributed by atoms with Gasteiger partial charge in [-0.25, -0.2) is 4.39 Å². The van der Waals surface area contributed by atoms with Gasteiger partial charge in [-0.05, 0) is 55.9 Å². The Hall–Kier alpha value is -1.09. The first-order valence-electron chi connectivity index (χ1n) is 8.68. The molecule has 1 aromatic rings. The minimum atomic E-state index is -0.253. The molecule has 5 nitrogen and oxygen atoms in total. The molecule has 0 spiro atoms. The molecule has 0 heterocycles. The molecule has 1 aromatic carbocycles. The highest BCUT2D eigenvalue weighted by atomic mass is 127. The van der Waals surface area contributed by atoms with Crippen LogP contribution < -0.4 is 15.4 Å². The molecule has 0 amide bonds. The molecule has 2 rings (SSSR count). The van der Waals surface area contributed by atoms with Crippen LogP contribution in [0, 0.1) is 11.7 Å². The van der Waals surface area contributed by atoms with E-state index < -0.39 is 0 Å². The summed E-state index contributed by atoms with van der Waals surface area (Å²) in [6.45, 7) is 3.90. The lowest BCUT2D eigenvalue weighted by Crippen LogP contribution is -2.38. The van der Waals surface area contributed by atoms with Gasteiger partial charge in [-0.3, -0.25) is 4.99 Å². The number of hydrogen-bond donors (Lipinski definition) is 2. The first-order valence-corrected chi connectivity index (χ1v) is 8.68. The van der Waals surface area contributed by atoms with E-state index in [1.54, 1.807) is 19.2 Å². The van der Waals surface area contributed by atoms with Crippen LogP contribution in [-0.2, 0) is 4.74 Å². The van der Waals surface area contributed by atoms with Crippen LogP contribution in [0.5, 0.6) is 5.75 Å². The molecule has 1 aliphatic carbocycles. The molecule has 0 radical (unpaired) electrons. The zero-order valence-corrected chi connectivity index (χ0v) is 17.1. The Bertz CT molecular complexity index is 496. The van der Waals surface area contributed by atoms with Crippen molar-refractivity contribution >= 4 is 29.9 Å². The van der Waals surface area contributed by atoms with E-state index in [9.17, 15) is 4.39 Å². The minimum absolute atomic E-state index is 0. The number of benzene rings is 1. The predicted octanol–water partition coefficient (Wildman–Crippen LogP) is 3.19. The number of guanidine groups is 1. The second kappa shape index (κ2) is 13.2. The molecule has 0 atom stereocenters. The summed E-state index contributed by atoms with van der Waals surface area (Å²) in [5, 5.41) is 6.51. The molecule has 142 valence electrons. The number of nitrogens with one attached hydrogen (secondary N) is 2. The number of halogens is 2. The van der Waals surface area contributed by atoms with Crippen LogP contribution in [0.2, 0.25) is 0 Å². The van der Waals surface area contributed by atoms with Crippen molar-refractivity contribution in [3.63, 3.8) is 0 Å². The molecule has 0 bridgehead atoms. The Morgan fingerprint density at radius 1 is 1.12 bits per heavy atom. The van der Waals surface area contributed by atoms with Gasteiger partial charge in [-0.1, -0.05) is 0 Å². The van der Waals surface area contributed by atoms with Gasteiger partial charge in [0.05, 0.1) is 6.61 Å². The normalized spacial score (nSPS) is 13.9. The molecule has 0 unspecified atom stereocenters. The van der Waals surface area contributed by atoms with Gasteiger partial charge in [-0.15, -0.1) is 24.0 Å². The maximum absolute atomic E-state index is 12.8. The molecule has 7 heteroatoms. The largest absolute Gasteiger partial charge is 0.494 e. The van der Waals surface area contributed by atoms with E-state index in [1.807, 2.05) is 0 Å². The monoisotopic (exact) mass is 465 g/mol. The van der Waals surface area contributed by atoms with Gasteiger partial charge in [-0.2, -0.15) is 0 Å². The number of ether oxygens (including phenoxy) is 2. The number of nitrogens with zero attached hydrogens (tertiary/aromatic N) is 1. The Morgan fingerprint density at radius 2 is 1.76 bits per heavy atom. The van der Waals surface area contributed by atoms with Crippen LogP contribution in [0.15, 0.2) is 29.3 Å². The van der Waals surface area contributed by atoms with E-state index in [4.69, 9.17) is 9.47 Å². The van der Waals surface area contributed by atoms with E-state index in [0.29, 0.717) is 12.4 Å². The Labute approximate surface area is 166 Å². The van der Waals surface area contributed by atoms with Gasteiger partial charge in [0.2, 0.25) is 0 Å². The Balaban J connectivity index is 0.00000312. The van der Waals surface area contributed by atoms with Crippen LogP contribution in [-0.4, -0.2) is 45.9 Å². The number of aliphatic imine (C=N–C) groups is 1. The molecular weight excluding hydrogens is 436 g/mol. The summed E-state index contributed by atoms with van der Waals surface area (Å²) in [4.78, 5) is 4.18. The highest BCUT2D eigenvalue weighted by Gasteiger charge is 2.20. The Morgan fingerprint density at radius 3 is 2.36 bits per heavy atom. The van der Waals surface area contributed by atoms with Crippen LogP contribution in [0.4, 0.5) is 4.39 Å². The van der Waals surface area contributed by atoms with E-state index in [0.717, 1.165) is 51.0 Å². The highest BCUT2D eigenvalue weighted by molar-refractivity contribution is 14.0. The van der Waals surface area contributed by atoms with Crippen molar-refractivity contribution in [2.24, 2.45) is 10.9 Å². The summed E-state index contributed by atoms with van der Waals surface area (Å²) in [6, 6.07) is 6.06. The summed E-state index contributed by atoms with van der Waals surface area (Å²) in [5.74, 6) is 2.05. The average molecular weight is 465 g/mol. The number of rotatable bonds is 11. The molecule has 1 saturated carbocycles. The average Bonchev–Trinajstić information content (AvgIpc) is 3.41. The van der Waals surface area contributed by atoms with E-state index in [2.05, 4.69) is 15.6 Å². The van der Waals surface area contributed by atoms with Gasteiger partial charge in [0.1, 0.15) is 11.6 Å². The fourth-order valence-corrected chi connectivity index (χ4v) is 2.14. The topological polar surface area (TPSA) is 54.9 Å². The summed E-state index contributed by atoms with van der Waals surface area (Å²) in [7, 11) is 1.76.